The Hall–Kier alpha value is -2.07. The highest BCUT2D eigenvalue weighted by atomic mass is 32.2. The number of nitrogens with two attached hydrogens (primary N) is 1. The van der Waals surface area contributed by atoms with E-state index in [0.717, 1.165) is 5.76 Å². The normalized spacial score (nSPS) is 15.3. The van der Waals surface area contributed by atoms with E-state index in [0.29, 0.717) is 47.7 Å². The Kier molecular flexibility index (Phi) is 5.92. The lowest BCUT2D eigenvalue weighted by molar-refractivity contribution is -0.133. The number of amides is 2. The zero-order chi connectivity index (χ0) is 17.6. The van der Waals surface area contributed by atoms with Crippen molar-refractivity contribution < 1.29 is 14.0 Å². The number of hydrogen-bond donors (Lipinski definition) is 2. The van der Waals surface area contributed by atoms with Gasteiger partial charge >= 0.3 is 0 Å². The van der Waals surface area contributed by atoms with Crippen LogP contribution in [-0.4, -0.2) is 45.8 Å². The molecule has 1 fully saturated rings. The van der Waals surface area contributed by atoms with Crippen LogP contribution in [0, 0.1) is 5.92 Å². The van der Waals surface area contributed by atoms with E-state index >= 15 is 0 Å². The van der Waals surface area contributed by atoms with Crippen molar-refractivity contribution in [1.82, 2.24) is 20.4 Å². The third kappa shape index (κ3) is 4.95. The summed E-state index contributed by atoms with van der Waals surface area (Å²) in [5, 5.41) is 10.9. The van der Waals surface area contributed by atoms with E-state index in [1.165, 1.54) is 23.1 Å². The lowest BCUT2D eigenvalue weighted by Gasteiger charge is -2.31. The highest BCUT2D eigenvalue weighted by molar-refractivity contribution is 8.01. The Balaban J connectivity index is 1.38. The summed E-state index contributed by atoms with van der Waals surface area (Å²) in [6, 6.07) is 3.62. The molecule has 0 radical (unpaired) electrons. The van der Waals surface area contributed by atoms with Gasteiger partial charge in [-0.15, -0.1) is 10.2 Å². The summed E-state index contributed by atoms with van der Waals surface area (Å²) in [6.45, 7) is 1.58. The molecule has 25 heavy (non-hydrogen) atoms. The molecule has 0 unspecified atom stereocenters. The van der Waals surface area contributed by atoms with Crippen molar-refractivity contribution in [3.63, 3.8) is 0 Å². The van der Waals surface area contributed by atoms with Crippen molar-refractivity contribution in [2.45, 2.75) is 23.7 Å². The van der Waals surface area contributed by atoms with E-state index in [9.17, 15) is 9.59 Å². The Bertz CT molecular complexity index is 711. The molecule has 2 aromatic heterocycles. The van der Waals surface area contributed by atoms with Gasteiger partial charge in [0.05, 0.1) is 18.6 Å². The zero-order valence-corrected chi connectivity index (χ0v) is 15.1. The van der Waals surface area contributed by atoms with Crippen LogP contribution in [0.5, 0.6) is 0 Å². The third-order valence-corrected chi connectivity index (χ3v) is 5.85. The molecule has 134 valence electrons. The fourth-order valence-electron chi connectivity index (χ4n) is 2.62. The number of furan rings is 1. The predicted molar refractivity (Wildman–Crippen MR) is 94.9 cm³/mol. The number of nitrogens with one attached hydrogen (secondary N) is 1. The monoisotopic (exact) mass is 381 g/mol. The van der Waals surface area contributed by atoms with Gasteiger partial charge in [0.2, 0.25) is 16.9 Å². The highest BCUT2D eigenvalue weighted by Gasteiger charge is 2.27. The summed E-state index contributed by atoms with van der Waals surface area (Å²) < 4.78 is 5.89. The average molecular weight is 381 g/mol. The molecule has 8 nitrogen and oxygen atoms in total. The first-order valence-electron chi connectivity index (χ1n) is 7.91. The second kappa shape index (κ2) is 8.34. The predicted octanol–water partition coefficient (Wildman–Crippen LogP) is 1.36. The van der Waals surface area contributed by atoms with E-state index in [1.807, 2.05) is 6.07 Å². The van der Waals surface area contributed by atoms with E-state index in [4.69, 9.17) is 10.2 Å². The summed E-state index contributed by atoms with van der Waals surface area (Å²) in [4.78, 5) is 26.2. The SMILES string of the molecule is Nc1nnc(SCC(=O)N2CCC(C(=O)NCc3ccco3)CC2)s1. The van der Waals surface area contributed by atoms with E-state index in [1.54, 1.807) is 17.2 Å². The second-order valence-electron chi connectivity index (χ2n) is 5.65. The Morgan fingerprint density at radius 2 is 2.20 bits per heavy atom. The van der Waals surface area contributed by atoms with Crippen LogP contribution in [0.4, 0.5) is 5.13 Å². The number of rotatable bonds is 6. The van der Waals surface area contributed by atoms with E-state index in [-0.39, 0.29) is 17.7 Å². The van der Waals surface area contributed by atoms with Gasteiger partial charge < -0.3 is 20.4 Å². The number of nitrogen functional groups attached to an aromatic ring is 1. The molecule has 3 N–H and O–H groups in total. The summed E-state index contributed by atoms with van der Waals surface area (Å²) >= 11 is 2.61. The van der Waals surface area contributed by atoms with Gasteiger partial charge in [-0.25, -0.2) is 0 Å². The Morgan fingerprint density at radius 3 is 2.84 bits per heavy atom. The van der Waals surface area contributed by atoms with Crippen LogP contribution in [0.25, 0.3) is 0 Å². The molecule has 1 saturated heterocycles. The number of likely N-dealkylation sites (tertiary alicyclic amines) is 1. The maximum absolute atomic E-state index is 12.3. The van der Waals surface area contributed by atoms with E-state index in [2.05, 4.69) is 15.5 Å². The number of nitrogens with zero attached hydrogens (tertiary/aromatic N) is 3. The maximum atomic E-state index is 12.3. The molecular formula is C15H19N5O3S2. The molecule has 2 aromatic rings. The standard InChI is InChI=1S/C15H19N5O3S2/c16-14-18-19-15(25-14)24-9-12(21)20-5-3-10(4-6-20)13(22)17-8-11-2-1-7-23-11/h1-2,7,10H,3-6,8-9H2,(H2,16,18)(H,17,22). The third-order valence-electron chi connectivity index (χ3n) is 3.98. The van der Waals surface area contributed by atoms with E-state index < -0.39 is 0 Å². The van der Waals surface area contributed by atoms with Gasteiger partial charge in [-0.1, -0.05) is 23.1 Å². The number of thioether (sulfide) groups is 1. The number of aromatic nitrogens is 2. The van der Waals surface area contributed by atoms with Crippen LogP contribution >= 0.6 is 23.1 Å². The van der Waals surface area contributed by atoms with Crippen molar-refractivity contribution in [3.05, 3.63) is 24.2 Å². The largest absolute Gasteiger partial charge is 0.467 e. The summed E-state index contributed by atoms with van der Waals surface area (Å²) in [7, 11) is 0. The maximum Gasteiger partial charge on any atom is 0.233 e. The minimum Gasteiger partial charge on any atom is -0.467 e. The number of carbonyl (C=O) groups excluding carboxylic acids is 2. The van der Waals surface area contributed by atoms with Gasteiger partial charge in [-0.2, -0.15) is 0 Å². The molecule has 0 aromatic carbocycles. The smallest absolute Gasteiger partial charge is 0.233 e. The molecule has 0 spiro atoms. The van der Waals surface area contributed by atoms with Crippen LogP contribution in [0.15, 0.2) is 27.2 Å². The first-order chi connectivity index (χ1) is 12.1. The fraction of sp³-hybridized carbons (Fsp3) is 0.467. The molecule has 1 aliphatic rings. The minimum absolute atomic E-state index is 0.0159. The van der Waals surface area contributed by atoms with Gasteiger partial charge in [0.25, 0.3) is 0 Å². The molecule has 0 aliphatic carbocycles. The first kappa shape index (κ1) is 17.7. The van der Waals surface area contributed by atoms with Crippen molar-refractivity contribution in [2.75, 3.05) is 24.6 Å². The quantitative estimate of drug-likeness (QED) is 0.726. The van der Waals surface area contributed by atoms with Gasteiger partial charge in [0.15, 0.2) is 4.34 Å². The lowest BCUT2D eigenvalue weighted by Crippen LogP contribution is -2.43. The van der Waals surface area contributed by atoms with Gasteiger partial charge in [-0.05, 0) is 25.0 Å². The number of anilines is 1. The molecule has 0 atom stereocenters. The van der Waals surface area contributed by atoms with Gasteiger partial charge in [-0.3, -0.25) is 9.59 Å². The van der Waals surface area contributed by atoms with Crippen molar-refractivity contribution >= 4 is 40.0 Å². The van der Waals surface area contributed by atoms with Crippen LogP contribution in [-0.2, 0) is 16.1 Å². The zero-order valence-electron chi connectivity index (χ0n) is 13.5. The number of piperidine rings is 1. The van der Waals surface area contributed by atoms with Crippen LogP contribution in [0.3, 0.4) is 0 Å². The molecule has 0 bridgehead atoms. The Morgan fingerprint density at radius 1 is 1.40 bits per heavy atom. The van der Waals surface area contributed by atoms with Crippen LogP contribution in [0.1, 0.15) is 18.6 Å². The number of carbonyl (C=O) groups is 2. The molecule has 1 aliphatic heterocycles. The Labute approximate surface area is 153 Å². The van der Waals surface area contributed by atoms with Crippen molar-refractivity contribution in [2.24, 2.45) is 5.92 Å². The minimum atomic E-state index is -0.0605. The average Bonchev–Trinajstić information content (AvgIpc) is 3.29. The summed E-state index contributed by atoms with van der Waals surface area (Å²) in [5.74, 6) is 1.05. The molecular weight excluding hydrogens is 362 g/mol. The first-order valence-corrected chi connectivity index (χ1v) is 9.71. The molecule has 3 heterocycles. The summed E-state index contributed by atoms with van der Waals surface area (Å²) in [5.41, 5.74) is 5.52. The van der Waals surface area contributed by atoms with Crippen LogP contribution in [0.2, 0.25) is 0 Å². The number of hydrogen-bond acceptors (Lipinski definition) is 8. The van der Waals surface area contributed by atoms with Crippen molar-refractivity contribution in [1.29, 1.82) is 0 Å². The fourth-order valence-corrected chi connectivity index (χ4v) is 4.16. The van der Waals surface area contributed by atoms with Crippen LogP contribution < -0.4 is 11.1 Å². The van der Waals surface area contributed by atoms with Gasteiger partial charge in [0.1, 0.15) is 5.76 Å². The van der Waals surface area contributed by atoms with Crippen molar-refractivity contribution in [3.8, 4) is 0 Å². The topological polar surface area (TPSA) is 114 Å². The molecule has 2 amide bonds. The highest BCUT2D eigenvalue weighted by Crippen LogP contribution is 2.25. The molecule has 10 heteroatoms. The van der Waals surface area contributed by atoms with Gasteiger partial charge in [0, 0.05) is 19.0 Å². The molecule has 3 rings (SSSR count). The molecule has 0 saturated carbocycles. The second-order valence-corrected chi connectivity index (χ2v) is 7.88. The summed E-state index contributed by atoms with van der Waals surface area (Å²) in [6.07, 6.45) is 2.93. The lowest BCUT2D eigenvalue weighted by atomic mass is 9.96.